The Labute approximate surface area is 174 Å². The van der Waals surface area contributed by atoms with Crippen LogP contribution in [0.4, 0.5) is 8.78 Å². The Morgan fingerprint density at radius 1 is 1.12 bits per heavy atom. The molecule has 0 spiro atoms. The Kier molecular flexibility index (Phi) is 7.81. The molecule has 1 aliphatic rings. The van der Waals surface area contributed by atoms with Crippen molar-refractivity contribution in [1.82, 2.24) is 9.55 Å². The number of hydrogen-bond donors (Lipinski definition) is 7. The lowest BCUT2D eigenvalue weighted by atomic mass is 9.96. The van der Waals surface area contributed by atoms with Crippen LogP contribution in [0.5, 0.6) is 0 Å². The molecule has 1 aliphatic heterocycles. The van der Waals surface area contributed by atoms with Gasteiger partial charge in [0.1, 0.15) is 12.2 Å². The lowest BCUT2D eigenvalue weighted by Crippen LogP contribution is -2.52. The van der Waals surface area contributed by atoms with Crippen molar-refractivity contribution in [2.24, 2.45) is 0 Å². The molecule has 17 nitrogen and oxygen atoms in total. The standard InChI is InChI=1S/C10H15F2N2O15P3/c11-8(12)10(3-26-31(22,23)29-32(24,25)28-30(19,20)21)6(17)5(16)7(27-10)14-2-1-4(15)13-9(14)18/h1-2,5-8,16-17H,3H2,(H,22,23)(H,24,25)(H,13,15,18)(H2,19,20,21)/t5-,6+,7-,10-/m1/s1. The minimum Gasteiger partial charge on any atom is -0.387 e. The Morgan fingerprint density at radius 2 is 1.72 bits per heavy atom. The van der Waals surface area contributed by atoms with Crippen LogP contribution in [0.3, 0.4) is 0 Å². The average Bonchev–Trinajstić information content (AvgIpc) is 2.83. The number of rotatable bonds is 9. The number of ether oxygens (including phenoxy) is 1. The highest BCUT2D eigenvalue weighted by atomic mass is 31.3. The topological polar surface area (TPSA) is 264 Å². The second-order valence-electron chi connectivity index (χ2n) is 6.08. The number of phosphoric ester groups is 1. The number of phosphoric acid groups is 3. The second-order valence-corrected chi connectivity index (χ2v) is 10.5. The first kappa shape index (κ1) is 27.1. The zero-order valence-corrected chi connectivity index (χ0v) is 17.8. The summed E-state index contributed by atoms with van der Waals surface area (Å²) in [5.41, 5.74) is -5.47. The van der Waals surface area contributed by atoms with E-state index in [-0.39, 0.29) is 0 Å². The number of nitrogens with zero attached hydrogens (tertiary/aromatic N) is 1. The van der Waals surface area contributed by atoms with E-state index < -0.39 is 71.8 Å². The fourth-order valence-corrected chi connectivity index (χ4v) is 5.57. The molecular formula is C10H15F2N2O15P3. The van der Waals surface area contributed by atoms with Crippen LogP contribution in [0, 0.1) is 0 Å². The molecule has 0 amide bonds. The quantitative estimate of drug-likeness (QED) is 0.171. The maximum atomic E-state index is 13.7. The van der Waals surface area contributed by atoms with E-state index >= 15 is 0 Å². The molecule has 32 heavy (non-hydrogen) atoms. The maximum Gasteiger partial charge on any atom is 0.490 e. The first-order valence-corrected chi connectivity index (χ1v) is 12.3. The highest BCUT2D eigenvalue weighted by Crippen LogP contribution is 2.66. The van der Waals surface area contributed by atoms with Gasteiger partial charge in [0.05, 0.1) is 6.61 Å². The molecule has 2 heterocycles. The number of halogens is 2. The monoisotopic (exact) mass is 534 g/mol. The third kappa shape index (κ3) is 6.24. The molecule has 2 unspecified atom stereocenters. The van der Waals surface area contributed by atoms with Gasteiger partial charge in [-0.15, -0.1) is 0 Å². The number of hydrogen-bond acceptors (Lipinski definition) is 11. The number of aromatic nitrogens is 2. The van der Waals surface area contributed by atoms with Crippen molar-refractivity contribution < 1.29 is 70.1 Å². The van der Waals surface area contributed by atoms with E-state index in [0.717, 1.165) is 12.3 Å². The SMILES string of the molecule is O=c1ccn([C@@H]2O[C@@](COP(=O)(O)OP(=O)(O)OP(=O)(O)O)(C(F)F)[C@@H](O)[C@H]2O)c(=O)[nH]1. The predicted octanol–water partition coefficient (Wildman–Crippen LogP) is -1.87. The van der Waals surface area contributed by atoms with Crippen molar-refractivity contribution in [2.75, 3.05) is 6.61 Å². The van der Waals surface area contributed by atoms with Gasteiger partial charge in [-0.05, 0) is 0 Å². The van der Waals surface area contributed by atoms with Gasteiger partial charge < -0.3 is 34.5 Å². The molecule has 2 rings (SSSR count). The maximum absolute atomic E-state index is 13.7. The molecular weight excluding hydrogens is 519 g/mol. The van der Waals surface area contributed by atoms with Gasteiger partial charge in [0.15, 0.2) is 11.8 Å². The molecule has 1 aromatic heterocycles. The molecule has 1 aromatic rings. The minimum atomic E-state index is -5.96. The molecule has 0 aliphatic carbocycles. The largest absolute Gasteiger partial charge is 0.490 e. The zero-order chi connectivity index (χ0) is 24.7. The highest BCUT2D eigenvalue weighted by Gasteiger charge is 2.61. The van der Waals surface area contributed by atoms with Gasteiger partial charge in [-0.1, -0.05) is 0 Å². The molecule has 0 aromatic carbocycles. The van der Waals surface area contributed by atoms with Crippen LogP contribution >= 0.6 is 23.5 Å². The van der Waals surface area contributed by atoms with Gasteiger partial charge in [-0.2, -0.15) is 8.62 Å². The van der Waals surface area contributed by atoms with Crippen molar-refractivity contribution in [3.05, 3.63) is 33.1 Å². The summed E-state index contributed by atoms with van der Waals surface area (Å²) in [5.74, 6) is 0. The molecule has 22 heteroatoms. The molecule has 1 saturated heterocycles. The normalized spacial score (nSPS) is 30.2. The summed E-state index contributed by atoms with van der Waals surface area (Å²) >= 11 is 0. The van der Waals surface area contributed by atoms with Crippen molar-refractivity contribution in [3.8, 4) is 0 Å². The van der Waals surface area contributed by atoms with E-state index in [1.54, 1.807) is 4.98 Å². The first-order valence-electron chi connectivity index (χ1n) is 7.81. The van der Waals surface area contributed by atoms with Crippen molar-refractivity contribution in [1.29, 1.82) is 0 Å². The van der Waals surface area contributed by atoms with Crippen LogP contribution in [-0.2, 0) is 31.6 Å². The van der Waals surface area contributed by atoms with E-state index in [4.69, 9.17) is 19.4 Å². The summed E-state index contributed by atoms with van der Waals surface area (Å²) in [6.07, 6.45) is -10.0. The summed E-state index contributed by atoms with van der Waals surface area (Å²) in [4.78, 5) is 60.0. The smallest absolute Gasteiger partial charge is 0.387 e. The number of H-pyrrole nitrogens is 1. The summed E-state index contributed by atoms with van der Waals surface area (Å²) in [5, 5.41) is 20.1. The highest BCUT2D eigenvalue weighted by molar-refractivity contribution is 7.66. The number of aliphatic hydroxyl groups is 2. The first-order chi connectivity index (χ1) is 14.4. The van der Waals surface area contributed by atoms with Gasteiger partial charge in [0.2, 0.25) is 0 Å². The van der Waals surface area contributed by atoms with Crippen LogP contribution < -0.4 is 11.2 Å². The molecule has 6 atom stereocenters. The fourth-order valence-electron chi connectivity index (χ4n) is 2.51. The number of nitrogens with one attached hydrogen (secondary N) is 1. The Morgan fingerprint density at radius 3 is 2.22 bits per heavy atom. The molecule has 184 valence electrons. The lowest BCUT2D eigenvalue weighted by Gasteiger charge is -2.31. The third-order valence-corrected chi connectivity index (χ3v) is 7.60. The summed E-state index contributed by atoms with van der Waals surface area (Å²) in [6, 6.07) is 0.748. The van der Waals surface area contributed by atoms with E-state index in [0.29, 0.717) is 4.57 Å². The van der Waals surface area contributed by atoms with Crippen molar-refractivity contribution >= 4 is 23.5 Å². The molecule has 1 fully saturated rings. The van der Waals surface area contributed by atoms with Gasteiger partial charge in [-0.3, -0.25) is 18.9 Å². The minimum absolute atomic E-state index is 0.407. The fraction of sp³-hybridized carbons (Fsp3) is 0.600. The van der Waals surface area contributed by atoms with Crippen LogP contribution in [0.15, 0.2) is 21.9 Å². The lowest BCUT2D eigenvalue weighted by molar-refractivity contribution is -0.193. The second kappa shape index (κ2) is 9.23. The average molecular weight is 534 g/mol. The molecule has 0 radical (unpaired) electrons. The Balaban J connectivity index is 2.28. The van der Waals surface area contributed by atoms with Gasteiger partial charge in [0, 0.05) is 12.3 Å². The summed E-state index contributed by atoms with van der Waals surface area (Å²) in [6.45, 7) is -1.82. The van der Waals surface area contributed by atoms with E-state index in [2.05, 4.69) is 13.1 Å². The van der Waals surface area contributed by atoms with Gasteiger partial charge >= 0.3 is 29.2 Å². The van der Waals surface area contributed by atoms with E-state index in [1.807, 2.05) is 0 Å². The Bertz CT molecular complexity index is 1100. The van der Waals surface area contributed by atoms with Crippen LogP contribution in [0.25, 0.3) is 0 Å². The predicted molar refractivity (Wildman–Crippen MR) is 92.0 cm³/mol. The molecule has 0 saturated carbocycles. The third-order valence-electron chi connectivity index (χ3n) is 3.82. The summed E-state index contributed by atoms with van der Waals surface area (Å²) in [7, 11) is -17.6. The van der Waals surface area contributed by atoms with Crippen molar-refractivity contribution in [3.63, 3.8) is 0 Å². The van der Waals surface area contributed by atoms with Crippen LogP contribution in [0.2, 0.25) is 0 Å². The van der Waals surface area contributed by atoms with Crippen LogP contribution in [-0.4, -0.2) is 70.2 Å². The molecule has 0 bridgehead atoms. The number of aromatic amines is 1. The zero-order valence-electron chi connectivity index (χ0n) is 15.1. The summed E-state index contributed by atoms with van der Waals surface area (Å²) < 4.78 is 77.3. The number of alkyl halides is 2. The molecule has 7 N–H and O–H groups in total. The van der Waals surface area contributed by atoms with E-state index in [1.165, 1.54) is 0 Å². The van der Waals surface area contributed by atoms with Gasteiger partial charge in [0.25, 0.3) is 12.0 Å². The van der Waals surface area contributed by atoms with E-state index in [9.17, 15) is 47.2 Å². The van der Waals surface area contributed by atoms with Gasteiger partial charge in [-0.25, -0.2) is 27.3 Å². The van der Waals surface area contributed by atoms with Crippen molar-refractivity contribution in [2.45, 2.75) is 30.5 Å². The Hall–Kier alpha value is -1.17. The van der Waals surface area contributed by atoms with Crippen LogP contribution in [0.1, 0.15) is 6.23 Å². The number of aliphatic hydroxyl groups excluding tert-OH is 2.